The third-order valence-electron chi connectivity index (χ3n) is 5.30. The average molecular weight is 324 g/mol. The molecule has 1 saturated heterocycles. The third kappa shape index (κ3) is 4.83. The zero-order chi connectivity index (χ0) is 16.8. The minimum Gasteiger partial charge on any atom is -0.352 e. The Labute approximate surface area is 140 Å². The van der Waals surface area contributed by atoms with Crippen LogP contribution in [0.15, 0.2) is 0 Å². The van der Waals surface area contributed by atoms with Crippen LogP contribution in [0.4, 0.5) is 4.79 Å². The van der Waals surface area contributed by atoms with E-state index in [9.17, 15) is 9.59 Å². The Morgan fingerprint density at radius 3 is 2.39 bits per heavy atom. The fraction of sp³-hybridized carbons (Fsp3) is 0.882. The van der Waals surface area contributed by atoms with Gasteiger partial charge in [0.1, 0.15) is 0 Å². The van der Waals surface area contributed by atoms with E-state index in [0.29, 0.717) is 31.6 Å². The van der Waals surface area contributed by atoms with Crippen molar-refractivity contribution < 1.29 is 9.59 Å². The lowest BCUT2D eigenvalue weighted by molar-refractivity contribution is -0.127. The van der Waals surface area contributed by atoms with Gasteiger partial charge in [0.2, 0.25) is 5.91 Å². The van der Waals surface area contributed by atoms with Crippen LogP contribution in [0, 0.1) is 5.92 Å². The summed E-state index contributed by atoms with van der Waals surface area (Å²) in [5.74, 6) is 0.713. The normalized spacial score (nSPS) is 27.3. The third-order valence-corrected chi connectivity index (χ3v) is 5.30. The van der Waals surface area contributed by atoms with Crippen molar-refractivity contribution in [2.75, 3.05) is 32.7 Å². The number of rotatable bonds is 4. The molecule has 0 aromatic carbocycles. The zero-order valence-electron chi connectivity index (χ0n) is 14.8. The topological polar surface area (TPSA) is 64.7 Å². The van der Waals surface area contributed by atoms with Gasteiger partial charge in [-0.1, -0.05) is 19.8 Å². The zero-order valence-corrected chi connectivity index (χ0v) is 14.8. The minimum absolute atomic E-state index is 0.000264. The number of carbonyl (C=O) groups excluding carboxylic acids is 2. The minimum atomic E-state index is -0.125. The van der Waals surface area contributed by atoms with Crippen molar-refractivity contribution in [1.29, 1.82) is 0 Å². The first kappa shape index (κ1) is 18.0. The standard InChI is InChI=1S/C17H32N4O2/c1-4-18-17(23)21-11-9-20(10-12-21)14(3)16(22)19-15-8-6-5-7-13(15)2/h13-15H,4-12H2,1-3H3,(H,18,23)(H,19,22)/t13-,14+,15-/m0/s1. The molecule has 2 aliphatic rings. The van der Waals surface area contributed by atoms with Crippen molar-refractivity contribution in [3.63, 3.8) is 0 Å². The molecule has 1 aliphatic heterocycles. The molecule has 1 aliphatic carbocycles. The van der Waals surface area contributed by atoms with Gasteiger partial charge in [0.25, 0.3) is 0 Å². The lowest BCUT2D eigenvalue weighted by Crippen LogP contribution is -2.57. The summed E-state index contributed by atoms with van der Waals surface area (Å²) in [5, 5.41) is 6.08. The molecule has 0 aromatic rings. The van der Waals surface area contributed by atoms with E-state index in [1.54, 1.807) is 0 Å². The molecule has 2 rings (SSSR count). The number of urea groups is 1. The summed E-state index contributed by atoms with van der Waals surface area (Å²) in [5.41, 5.74) is 0. The van der Waals surface area contributed by atoms with Crippen molar-refractivity contribution in [3.8, 4) is 0 Å². The highest BCUT2D eigenvalue weighted by molar-refractivity contribution is 5.81. The van der Waals surface area contributed by atoms with Crippen molar-refractivity contribution in [2.45, 2.75) is 58.5 Å². The fourth-order valence-electron chi connectivity index (χ4n) is 3.58. The van der Waals surface area contributed by atoms with Gasteiger partial charge in [-0.15, -0.1) is 0 Å². The van der Waals surface area contributed by atoms with E-state index in [4.69, 9.17) is 0 Å². The Morgan fingerprint density at radius 2 is 1.78 bits per heavy atom. The Bertz CT molecular complexity index is 407. The molecule has 0 radical (unpaired) electrons. The molecule has 23 heavy (non-hydrogen) atoms. The van der Waals surface area contributed by atoms with Gasteiger partial charge < -0.3 is 15.5 Å². The largest absolute Gasteiger partial charge is 0.352 e. The predicted molar refractivity (Wildman–Crippen MR) is 91.2 cm³/mol. The Morgan fingerprint density at radius 1 is 1.13 bits per heavy atom. The quantitative estimate of drug-likeness (QED) is 0.822. The maximum Gasteiger partial charge on any atom is 0.317 e. The van der Waals surface area contributed by atoms with Gasteiger partial charge in [0.05, 0.1) is 6.04 Å². The van der Waals surface area contributed by atoms with Crippen LogP contribution in [0.5, 0.6) is 0 Å². The number of amides is 3. The summed E-state index contributed by atoms with van der Waals surface area (Å²) in [6.07, 6.45) is 4.81. The lowest BCUT2D eigenvalue weighted by Gasteiger charge is -2.38. The van der Waals surface area contributed by atoms with Crippen LogP contribution < -0.4 is 10.6 Å². The average Bonchev–Trinajstić information content (AvgIpc) is 2.56. The van der Waals surface area contributed by atoms with E-state index in [2.05, 4.69) is 22.5 Å². The van der Waals surface area contributed by atoms with E-state index in [1.165, 1.54) is 19.3 Å². The predicted octanol–water partition coefficient (Wildman–Crippen LogP) is 1.42. The van der Waals surface area contributed by atoms with E-state index >= 15 is 0 Å². The number of carbonyl (C=O) groups is 2. The second-order valence-electron chi connectivity index (χ2n) is 6.91. The molecule has 6 heteroatoms. The molecule has 0 unspecified atom stereocenters. The Hall–Kier alpha value is -1.30. The van der Waals surface area contributed by atoms with Gasteiger partial charge in [0.15, 0.2) is 0 Å². The van der Waals surface area contributed by atoms with Crippen molar-refractivity contribution in [3.05, 3.63) is 0 Å². The van der Waals surface area contributed by atoms with Crippen LogP contribution in [0.1, 0.15) is 46.5 Å². The SMILES string of the molecule is CCNC(=O)N1CCN([C@H](C)C(=O)N[C@H]2CCCC[C@@H]2C)CC1. The summed E-state index contributed by atoms with van der Waals surface area (Å²) in [6, 6.07) is 0.205. The molecule has 0 aromatic heterocycles. The second-order valence-corrected chi connectivity index (χ2v) is 6.91. The van der Waals surface area contributed by atoms with Gasteiger partial charge in [0, 0.05) is 38.8 Å². The molecule has 1 heterocycles. The molecule has 6 nitrogen and oxygen atoms in total. The molecule has 0 bridgehead atoms. The van der Waals surface area contributed by atoms with Crippen LogP contribution in [-0.2, 0) is 4.79 Å². The maximum absolute atomic E-state index is 12.5. The smallest absolute Gasteiger partial charge is 0.317 e. The monoisotopic (exact) mass is 324 g/mol. The Balaban J connectivity index is 1.78. The number of hydrogen-bond donors (Lipinski definition) is 2. The molecule has 2 fully saturated rings. The van der Waals surface area contributed by atoms with E-state index in [0.717, 1.165) is 19.5 Å². The molecule has 3 amide bonds. The van der Waals surface area contributed by atoms with Gasteiger partial charge in [-0.2, -0.15) is 0 Å². The number of nitrogens with zero attached hydrogens (tertiary/aromatic N) is 2. The number of nitrogens with one attached hydrogen (secondary N) is 2. The molecule has 1 saturated carbocycles. The van der Waals surface area contributed by atoms with Crippen LogP contribution in [-0.4, -0.2) is 66.5 Å². The first-order valence-corrected chi connectivity index (χ1v) is 9.10. The van der Waals surface area contributed by atoms with Gasteiger partial charge in [-0.3, -0.25) is 9.69 Å². The van der Waals surface area contributed by atoms with Crippen molar-refractivity contribution in [2.24, 2.45) is 5.92 Å². The molecule has 132 valence electrons. The molecule has 3 atom stereocenters. The Kier molecular flexibility index (Phi) is 6.69. The van der Waals surface area contributed by atoms with Crippen LogP contribution in [0.2, 0.25) is 0 Å². The number of piperazine rings is 1. The number of hydrogen-bond acceptors (Lipinski definition) is 3. The molecular formula is C17H32N4O2. The molecule has 0 spiro atoms. The summed E-state index contributed by atoms with van der Waals surface area (Å²) in [6.45, 7) is 9.67. The highest BCUT2D eigenvalue weighted by atomic mass is 16.2. The summed E-state index contributed by atoms with van der Waals surface area (Å²) >= 11 is 0. The van der Waals surface area contributed by atoms with Gasteiger partial charge in [-0.05, 0) is 32.6 Å². The summed E-state index contributed by atoms with van der Waals surface area (Å²) in [7, 11) is 0. The summed E-state index contributed by atoms with van der Waals surface area (Å²) in [4.78, 5) is 28.4. The molecule has 2 N–H and O–H groups in total. The van der Waals surface area contributed by atoms with E-state index in [1.807, 2.05) is 18.7 Å². The van der Waals surface area contributed by atoms with Gasteiger partial charge >= 0.3 is 6.03 Å². The molecular weight excluding hydrogens is 292 g/mol. The fourth-order valence-corrected chi connectivity index (χ4v) is 3.58. The van der Waals surface area contributed by atoms with Crippen LogP contribution in [0.3, 0.4) is 0 Å². The lowest BCUT2D eigenvalue weighted by atomic mass is 9.86. The van der Waals surface area contributed by atoms with Crippen molar-refractivity contribution in [1.82, 2.24) is 20.4 Å². The van der Waals surface area contributed by atoms with E-state index in [-0.39, 0.29) is 18.0 Å². The van der Waals surface area contributed by atoms with E-state index < -0.39 is 0 Å². The second kappa shape index (κ2) is 8.52. The van der Waals surface area contributed by atoms with Crippen LogP contribution >= 0.6 is 0 Å². The highest BCUT2D eigenvalue weighted by Gasteiger charge is 2.30. The maximum atomic E-state index is 12.5. The first-order valence-electron chi connectivity index (χ1n) is 9.10. The van der Waals surface area contributed by atoms with Gasteiger partial charge in [-0.25, -0.2) is 4.79 Å². The highest BCUT2D eigenvalue weighted by Crippen LogP contribution is 2.24. The van der Waals surface area contributed by atoms with Crippen molar-refractivity contribution >= 4 is 11.9 Å². The van der Waals surface area contributed by atoms with Crippen LogP contribution in [0.25, 0.3) is 0 Å². The first-order chi connectivity index (χ1) is 11.0. The summed E-state index contributed by atoms with van der Waals surface area (Å²) < 4.78 is 0.